The largest absolute Gasteiger partial charge is 0.508 e. The number of halogens is 1. The third-order valence-corrected chi connectivity index (χ3v) is 4.62. The van der Waals surface area contributed by atoms with Crippen LogP contribution in [0.3, 0.4) is 0 Å². The van der Waals surface area contributed by atoms with Crippen LogP contribution in [0.5, 0.6) is 5.75 Å². The molecule has 5 heteroatoms. The van der Waals surface area contributed by atoms with Gasteiger partial charge in [-0.05, 0) is 23.3 Å². The highest BCUT2D eigenvalue weighted by molar-refractivity contribution is 8.93. The quantitative estimate of drug-likeness (QED) is 0.746. The van der Waals surface area contributed by atoms with Gasteiger partial charge in [-0.15, -0.1) is 17.0 Å². The fourth-order valence-electron chi connectivity index (χ4n) is 3.54. The second-order valence-electron chi connectivity index (χ2n) is 6.31. The first kappa shape index (κ1) is 18.9. The lowest BCUT2D eigenvalue weighted by atomic mass is 9.79. The average Bonchev–Trinajstić information content (AvgIpc) is 2.56. The first-order chi connectivity index (χ1) is 11.2. The molecule has 3 atom stereocenters. The van der Waals surface area contributed by atoms with Crippen LogP contribution in [0.1, 0.15) is 17.0 Å². The summed E-state index contributed by atoms with van der Waals surface area (Å²) in [5.74, 6) is 0.0879. The van der Waals surface area contributed by atoms with Crippen molar-refractivity contribution >= 4 is 17.0 Å². The highest BCUT2D eigenvalue weighted by atomic mass is 79.9. The van der Waals surface area contributed by atoms with Crippen molar-refractivity contribution in [3.8, 4) is 5.75 Å². The van der Waals surface area contributed by atoms with Crippen LogP contribution in [0.4, 0.5) is 0 Å². The highest BCUT2D eigenvalue weighted by Crippen LogP contribution is 2.34. The zero-order chi connectivity index (χ0) is 16.2. The zero-order valence-electron chi connectivity index (χ0n) is 13.5. The summed E-state index contributed by atoms with van der Waals surface area (Å²) in [6.07, 6.45) is -0.533. The number of β-amino-alcohol motifs (C(OH)–C–C–N with tert-alkyl or cyclic N) is 1. The third kappa shape index (κ3) is 4.36. The van der Waals surface area contributed by atoms with E-state index in [0.29, 0.717) is 6.54 Å². The topological polar surface area (TPSA) is 63.9 Å². The zero-order valence-corrected chi connectivity index (χ0v) is 15.2. The molecule has 1 aliphatic heterocycles. The fraction of sp³-hybridized carbons (Fsp3) is 0.368. The minimum Gasteiger partial charge on any atom is -0.508 e. The lowest BCUT2D eigenvalue weighted by Gasteiger charge is -2.41. The Morgan fingerprint density at radius 3 is 2.25 bits per heavy atom. The van der Waals surface area contributed by atoms with Crippen molar-refractivity contribution in [2.45, 2.75) is 18.6 Å². The van der Waals surface area contributed by atoms with E-state index in [1.807, 2.05) is 30.3 Å². The Morgan fingerprint density at radius 1 is 0.958 bits per heavy atom. The van der Waals surface area contributed by atoms with E-state index in [-0.39, 0.29) is 41.2 Å². The van der Waals surface area contributed by atoms with Crippen molar-refractivity contribution in [3.63, 3.8) is 0 Å². The molecular formula is C19H24BrNO3. The number of nitrogens with zero attached hydrogens (tertiary/aromatic N) is 1. The van der Waals surface area contributed by atoms with Crippen LogP contribution in [0.2, 0.25) is 0 Å². The molecule has 4 nitrogen and oxygen atoms in total. The predicted octanol–water partition coefficient (Wildman–Crippen LogP) is 2.54. The lowest BCUT2D eigenvalue weighted by molar-refractivity contribution is -0.00341. The van der Waals surface area contributed by atoms with Crippen molar-refractivity contribution in [1.29, 1.82) is 0 Å². The number of phenols is 1. The molecule has 3 N–H and O–H groups in total. The Morgan fingerprint density at radius 2 is 1.62 bits per heavy atom. The molecule has 1 saturated heterocycles. The van der Waals surface area contributed by atoms with Gasteiger partial charge >= 0.3 is 0 Å². The normalized spacial score (nSPS) is 24.3. The summed E-state index contributed by atoms with van der Waals surface area (Å²) >= 11 is 0. The summed E-state index contributed by atoms with van der Waals surface area (Å²) in [6.45, 7) is 2.13. The molecule has 3 unspecified atom stereocenters. The molecule has 2 aromatic carbocycles. The van der Waals surface area contributed by atoms with Gasteiger partial charge in [0.1, 0.15) is 5.75 Å². The number of aliphatic hydroxyl groups excluding tert-OH is 2. The maximum absolute atomic E-state index is 10.6. The van der Waals surface area contributed by atoms with E-state index in [4.69, 9.17) is 0 Å². The molecule has 1 heterocycles. The molecule has 0 spiro atoms. The number of likely N-dealkylation sites (tertiary alicyclic amines) is 1. The van der Waals surface area contributed by atoms with E-state index < -0.39 is 6.10 Å². The Balaban J connectivity index is 0.00000208. The van der Waals surface area contributed by atoms with Gasteiger partial charge in [-0.25, -0.2) is 0 Å². The van der Waals surface area contributed by atoms with E-state index in [1.165, 1.54) is 5.56 Å². The molecule has 0 radical (unpaired) electrons. The molecule has 0 amide bonds. The summed E-state index contributed by atoms with van der Waals surface area (Å²) in [5, 5.41) is 29.8. The summed E-state index contributed by atoms with van der Waals surface area (Å²) in [7, 11) is 0. The third-order valence-electron chi connectivity index (χ3n) is 4.62. The van der Waals surface area contributed by atoms with Crippen molar-refractivity contribution < 1.29 is 15.3 Å². The first-order valence-electron chi connectivity index (χ1n) is 8.01. The Labute approximate surface area is 153 Å². The number of piperidine rings is 1. The number of aromatic hydroxyl groups is 1. The highest BCUT2D eigenvalue weighted by Gasteiger charge is 2.36. The number of aliphatic hydroxyl groups is 2. The molecule has 24 heavy (non-hydrogen) atoms. The molecule has 1 fully saturated rings. The number of phenolic OH excluding ortho intramolecular Hbond substituents is 1. The van der Waals surface area contributed by atoms with Crippen LogP contribution >= 0.6 is 17.0 Å². The minimum atomic E-state index is -0.533. The molecule has 130 valence electrons. The first-order valence-corrected chi connectivity index (χ1v) is 8.01. The average molecular weight is 394 g/mol. The maximum atomic E-state index is 10.6. The van der Waals surface area contributed by atoms with Gasteiger partial charge in [0.25, 0.3) is 0 Å². The molecule has 0 saturated carbocycles. The van der Waals surface area contributed by atoms with E-state index >= 15 is 0 Å². The van der Waals surface area contributed by atoms with Gasteiger partial charge in [-0.2, -0.15) is 0 Å². The van der Waals surface area contributed by atoms with Gasteiger partial charge in [-0.1, -0.05) is 42.5 Å². The van der Waals surface area contributed by atoms with Gasteiger partial charge in [-0.3, -0.25) is 4.90 Å². The fourth-order valence-corrected chi connectivity index (χ4v) is 3.54. The second kappa shape index (κ2) is 8.62. The Hall–Kier alpha value is -1.40. The van der Waals surface area contributed by atoms with Crippen LogP contribution in [-0.2, 0) is 6.54 Å². The van der Waals surface area contributed by atoms with E-state index in [1.54, 1.807) is 12.1 Å². The standard InChI is InChI=1S/C19H23NO3.BrH/c21-13-16-11-20(10-14-4-2-1-3-5-14)12-18(23)19(16)15-6-8-17(22)9-7-15;/h1-9,16,18-19,21-23H,10-13H2;1H. The van der Waals surface area contributed by atoms with Gasteiger partial charge in [0.15, 0.2) is 0 Å². The monoisotopic (exact) mass is 393 g/mol. The second-order valence-corrected chi connectivity index (χ2v) is 6.31. The van der Waals surface area contributed by atoms with E-state index in [9.17, 15) is 15.3 Å². The van der Waals surface area contributed by atoms with Crippen LogP contribution in [0.25, 0.3) is 0 Å². The summed E-state index contributed by atoms with van der Waals surface area (Å²) in [5.41, 5.74) is 2.17. The smallest absolute Gasteiger partial charge is 0.115 e. The maximum Gasteiger partial charge on any atom is 0.115 e. The number of rotatable bonds is 4. The van der Waals surface area contributed by atoms with Crippen LogP contribution in [0.15, 0.2) is 54.6 Å². The van der Waals surface area contributed by atoms with Crippen molar-refractivity contribution in [1.82, 2.24) is 4.90 Å². The van der Waals surface area contributed by atoms with Gasteiger partial charge in [0.2, 0.25) is 0 Å². The van der Waals surface area contributed by atoms with Gasteiger partial charge in [0.05, 0.1) is 6.10 Å². The van der Waals surface area contributed by atoms with E-state index in [0.717, 1.165) is 18.7 Å². The minimum absolute atomic E-state index is 0. The number of hydrogen-bond acceptors (Lipinski definition) is 4. The molecule has 0 aromatic heterocycles. The Kier molecular flexibility index (Phi) is 6.80. The number of hydrogen-bond donors (Lipinski definition) is 3. The van der Waals surface area contributed by atoms with Gasteiger partial charge < -0.3 is 15.3 Å². The van der Waals surface area contributed by atoms with Gasteiger partial charge in [0, 0.05) is 38.1 Å². The van der Waals surface area contributed by atoms with Crippen molar-refractivity contribution in [2.75, 3.05) is 19.7 Å². The summed E-state index contributed by atoms with van der Waals surface area (Å²) in [6, 6.07) is 17.1. The van der Waals surface area contributed by atoms with E-state index in [2.05, 4.69) is 17.0 Å². The summed E-state index contributed by atoms with van der Waals surface area (Å²) in [4.78, 5) is 2.19. The lowest BCUT2D eigenvalue weighted by Crippen LogP contribution is -2.48. The molecule has 3 rings (SSSR count). The predicted molar refractivity (Wildman–Crippen MR) is 99.5 cm³/mol. The van der Waals surface area contributed by atoms with Crippen molar-refractivity contribution in [3.05, 3.63) is 65.7 Å². The van der Waals surface area contributed by atoms with Crippen LogP contribution in [-0.4, -0.2) is 46.0 Å². The molecule has 0 aliphatic carbocycles. The SMILES string of the molecule is Br.OCC1CN(Cc2ccccc2)CC(O)C1c1ccc(O)cc1. The summed E-state index contributed by atoms with van der Waals surface area (Å²) < 4.78 is 0. The Bertz CT molecular complexity index is 620. The molecule has 0 bridgehead atoms. The van der Waals surface area contributed by atoms with Crippen molar-refractivity contribution in [2.24, 2.45) is 5.92 Å². The van der Waals surface area contributed by atoms with Crippen LogP contribution < -0.4 is 0 Å². The molecular weight excluding hydrogens is 370 g/mol. The molecule has 1 aliphatic rings. The molecule has 2 aromatic rings. The van der Waals surface area contributed by atoms with Crippen LogP contribution in [0, 0.1) is 5.92 Å². The number of benzene rings is 2.